The molecule has 0 spiro atoms. The quantitative estimate of drug-likeness (QED) is 0.421. The zero-order valence-corrected chi connectivity index (χ0v) is 16.1. The van der Waals surface area contributed by atoms with Crippen molar-refractivity contribution in [1.29, 1.82) is 0 Å². The molecule has 1 heterocycles. The van der Waals surface area contributed by atoms with E-state index in [4.69, 9.17) is 0 Å². The van der Waals surface area contributed by atoms with Gasteiger partial charge in [0.2, 0.25) is 5.91 Å². The smallest absolute Gasteiger partial charge is 0.262 e. The Bertz CT molecular complexity index is 773. The van der Waals surface area contributed by atoms with Crippen molar-refractivity contribution in [2.75, 3.05) is 6.54 Å². The number of fused-ring (bicyclic) bond motifs is 1. The molecule has 5 nitrogen and oxygen atoms in total. The minimum atomic E-state index is -0.294. The minimum Gasteiger partial charge on any atom is -0.355 e. The molecule has 2 aromatic rings. The number of unbranched alkanes of at least 4 members (excludes halogenated alkanes) is 3. The highest BCUT2D eigenvalue weighted by Gasteiger charge is 2.18. The van der Waals surface area contributed by atoms with Crippen LogP contribution in [0.1, 0.15) is 46.5 Å². The number of amides is 1. The van der Waals surface area contributed by atoms with Crippen molar-refractivity contribution in [2.24, 2.45) is 0 Å². The molecule has 2 rings (SSSR count). The number of carbonyl (C=O) groups excluding carboxylic acids is 1. The number of rotatable bonds is 9. The first-order valence-corrected chi connectivity index (χ1v) is 9.90. The fourth-order valence-corrected chi connectivity index (χ4v) is 3.63. The van der Waals surface area contributed by atoms with Gasteiger partial charge < -0.3 is 5.32 Å². The van der Waals surface area contributed by atoms with Crippen LogP contribution in [-0.4, -0.2) is 27.3 Å². The summed E-state index contributed by atoms with van der Waals surface area (Å²) in [4.78, 5) is 29.5. The van der Waals surface area contributed by atoms with E-state index in [1.165, 1.54) is 24.6 Å². The van der Waals surface area contributed by atoms with Crippen LogP contribution in [0, 0.1) is 0 Å². The normalized spacial score (nSPS) is 12.3. The van der Waals surface area contributed by atoms with Gasteiger partial charge in [-0.15, -0.1) is 0 Å². The number of hydrogen-bond donors (Lipinski definition) is 1. The van der Waals surface area contributed by atoms with Crippen molar-refractivity contribution in [3.63, 3.8) is 0 Å². The summed E-state index contributed by atoms with van der Waals surface area (Å²) in [5.41, 5.74) is 0.620. The number of para-hydroxylation sites is 1. The molecular formula is C19H27N3O2S. The van der Waals surface area contributed by atoms with Gasteiger partial charge >= 0.3 is 0 Å². The molecule has 0 aliphatic rings. The van der Waals surface area contributed by atoms with E-state index in [1.54, 1.807) is 10.6 Å². The van der Waals surface area contributed by atoms with Crippen LogP contribution in [0.5, 0.6) is 0 Å². The first-order valence-electron chi connectivity index (χ1n) is 9.02. The zero-order chi connectivity index (χ0) is 18.2. The maximum Gasteiger partial charge on any atom is 0.262 e. The Morgan fingerprint density at radius 3 is 2.72 bits per heavy atom. The SMILES string of the molecule is CCCCCCNC(=O)C(C)Sc1nc2ccccc2c(=O)n1CC. The largest absolute Gasteiger partial charge is 0.355 e. The van der Waals surface area contributed by atoms with E-state index in [9.17, 15) is 9.59 Å². The van der Waals surface area contributed by atoms with Crippen molar-refractivity contribution >= 4 is 28.6 Å². The fourth-order valence-electron chi connectivity index (χ4n) is 2.64. The number of aromatic nitrogens is 2. The van der Waals surface area contributed by atoms with E-state index in [1.807, 2.05) is 32.0 Å². The lowest BCUT2D eigenvalue weighted by molar-refractivity contribution is -0.120. The molecule has 6 heteroatoms. The Morgan fingerprint density at radius 1 is 1.24 bits per heavy atom. The van der Waals surface area contributed by atoms with Crippen molar-refractivity contribution in [3.8, 4) is 0 Å². The van der Waals surface area contributed by atoms with Crippen LogP contribution < -0.4 is 10.9 Å². The van der Waals surface area contributed by atoms with Crippen LogP contribution in [0.3, 0.4) is 0 Å². The minimum absolute atomic E-state index is 0.00782. The van der Waals surface area contributed by atoms with Gasteiger partial charge in [0, 0.05) is 13.1 Å². The lowest BCUT2D eigenvalue weighted by atomic mass is 10.2. The Balaban J connectivity index is 2.08. The first-order chi connectivity index (χ1) is 12.1. The van der Waals surface area contributed by atoms with Gasteiger partial charge in [-0.05, 0) is 32.4 Å². The standard InChI is InChI=1S/C19H27N3O2S/c1-4-6-7-10-13-20-17(23)14(3)25-19-21-16-12-9-8-11-15(16)18(24)22(19)5-2/h8-9,11-12,14H,4-7,10,13H2,1-3H3,(H,20,23). The van der Waals surface area contributed by atoms with E-state index in [2.05, 4.69) is 17.2 Å². The maximum atomic E-state index is 12.6. The van der Waals surface area contributed by atoms with Crippen molar-refractivity contribution in [1.82, 2.24) is 14.9 Å². The van der Waals surface area contributed by atoms with Gasteiger partial charge in [-0.25, -0.2) is 4.98 Å². The van der Waals surface area contributed by atoms with E-state index in [0.717, 1.165) is 12.8 Å². The van der Waals surface area contributed by atoms with Gasteiger partial charge in [-0.2, -0.15) is 0 Å². The van der Waals surface area contributed by atoms with Crippen LogP contribution in [-0.2, 0) is 11.3 Å². The molecule has 0 bridgehead atoms. The van der Waals surface area contributed by atoms with Gasteiger partial charge in [0.1, 0.15) is 0 Å². The number of hydrogen-bond acceptors (Lipinski definition) is 4. The molecule has 136 valence electrons. The summed E-state index contributed by atoms with van der Waals surface area (Å²) in [6, 6.07) is 7.33. The lowest BCUT2D eigenvalue weighted by Gasteiger charge is -2.15. The van der Waals surface area contributed by atoms with Crippen molar-refractivity contribution in [3.05, 3.63) is 34.6 Å². The summed E-state index contributed by atoms with van der Waals surface area (Å²) in [5.74, 6) is -0.00782. The van der Waals surface area contributed by atoms with E-state index in [-0.39, 0.29) is 16.7 Å². The van der Waals surface area contributed by atoms with E-state index in [0.29, 0.717) is 29.1 Å². The Labute approximate surface area is 153 Å². The summed E-state index contributed by atoms with van der Waals surface area (Å²) in [7, 11) is 0. The predicted octanol–water partition coefficient (Wildman–Crippen LogP) is 3.59. The third-order valence-corrected chi connectivity index (χ3v) is 5.21. The van der Waals surface area contributed by atoms with Crippen molar-refractivity contribution in [2.45, 2.75) is 63.4 Å². The highest BCUT2D eigenvalue weighted by molar-refractivity contribution is 8.00. The molecule has 1 unspecified atom stereocenters. The highest BCUT2D eigenvalue weighted by atomic mass is 32.2. The highest BCUT2D eigenvalue weighted by Crippen LogP contribution is 2.22. The summed E-state index contributed by atoms with van der Waals surface area (Å²) in [6.07, 6.45) is 4.52. The molecule has 1 N–H and O–H groups in total. The molecule has 1 aromatic heterocycles. The maximum absolute atomic E-state index is 12.6. The molecule has 1 amide bonds. The van der Waals surface area contributed by atoms with Gasteiger partial charge in [0.25, 0.3) is 5.56 Å². The second kappa shape index (κ2) is 9.61. The topological polar surface area (TPSA) is 64.0 Å². The molecular weight excluding hydrogens is 334 g/mol. The van der Waals surface area contributed by atoms with Crippen LogP contribution in [0.4, 0.5) is 0 Å². The monoisotopic (exact) mass is 361 g/mol. The molecule has 1 atom stereocenters. The molecule has 0 fully saturated rings. The summed E-state index contributed by atoms with van der Waals surface area (Å²) in [6.45, 7) is 7.18. The number of carbonyl (C=O) groups is 1. The summed E-state index contributed by atoms with van der Waals surface area (Å²) < 4.78 is 1.64. The number of nitrogens with zero attached hydrogens (tertiary/aromatic N) is 2. The third kappa shape index (κ3) is 5.08. The van der Waals surface area contributed by atoms with Gasteiger partial charge in [0.15, 0.2) is 5.16 Å². The van der Waals surface area contributed by atoms with Gasteiger partial charge in [0.05, 0.1) is 16.2 Å². The molecule has 0 radical (unpaired) electrons. The zero-order valence-electron chi connectivity index (χ0n) is 15.2. The van der Waals surface area contributed by atoms with E-state index < -0.39 is 0 Å². The van der Waals surface area contributed by atoms with Gasteiger partial charge in [-0.1, -0.05) is 50.1 Å². The Hall–Kier alpha value is -1.82. The molecule has 0 saturated heterocycles. The van der Waals surface area contributed by atoms with Crippen LogP contribution in [0.2, 0.25) is 0 Å². The molecule has 0 saturated carbocycles. The Kier molecular flexibility index (Phi) is 7.50. The fraction of sp³-hybridized carbons (Fsp3) is 0.526. The van der Waals surface area contributed by atoms with E-state index >= 15 is 0 Å². The third-order valence-electron chi connectivity index (χ3n) is 4.12. The average Bonchev–Trinajstić information content (AvgIpc) is 2.61. The molecule has 0 aliphatic carbocycles. The number of thioether (sulfide) groups is 1. The average molecular weight is 362 g/mol. The van der Waals surface area contributed by atoms with Crippen molar-refractivity contribution < 1.29 is 4.79 Å². The van der Waals surface area contributed by atoms with Gasteiger partial charge in [-0.3, -0.25) is 14.2 Å². The van der Waals surface area contributed by atoms with Crippen LogP contribution in [0.15, 0.2) is 34.2 Å². The summed E-state index contributed by atoms with van der Waals surface area (Å²) >= 11 is 1.34. The summed E-state index contributed by atoms with van der Waals surface area (Å²) in [5, 5.41) is 3.89. The molecule has 1 aromatic carbocycles. The second-order valence-corrected chi connectivity index (χ2v) is 7.38. The van der Waals surface area contributed by atoms with Crippen LogP contribution >= 0.6 is 11.8 Å². The number of nitrogens with one attached hydrogen (secondary N) is 1. The van der Waals surface area contributed by atoms with Crippen LogP contribution in [0.25, 0.3) is 10.9 Å². The Morgan fingerprint density at radius 2 is 2.00 bits per heavy atom. The lowest BCUT2D eigenvalue weighted by Crippen LogP contribution is -2.32. The molecule has 0 aliphatic heterocycles. The second-order valence-electron chi connectivity index (χ2n) is 6.07. The molecule has 25 heavy (non-hydrogen) atoms. The number of benzene rings is 1. The predicted molar refractivity (Wildman–Crippen MR) is 104 cm³/mol. The first kappa shape index (κ1) is 19.5.